The number of carbonyl (C=O) groups is 1. The van der Waals surface area contributed by atoms with E-state index in [1.54, 1.807) is 0 Å². The van der Waals surface area contributed by atoms with Crippen molar-refractivity contribution in [2.45, 2.75) is 17.5 Å². The summed E-state index contributed by atoms with van der Waals surface area (Å²) in [5.74, 6) is 0. The second kappa shape index (κ2) is 4.24. The molecular weight excluding hydrogens is 313 g/mol. The van der Waals surface area contributed by atoms with Gasteiger partial charge in [-0.05, 0) is 11.6 Å². The number of hydrogen-bond donors (Lipinski definition) is 0. The average Bonchev–Trinajstić information content (AvgIpc) is 1.98. The van der Waals surface area contributed by atoms with E-state index in [-0.39, 0.29) is 0 Å². The van der Waals surface area contributed by atoms with Crippen LogP contribution in [0.3, 0.4) is 0 Å². The van der Waals surface area contributed by atoms with Crippen LogP contribution in [0.15, 0.2) is 0 Å². The Bertz CT molecular complexity index is 418. The maximum atomic E-state index is 12.3. The van der Waals surface area contributed by atoms with Crippen molar-refractivity contribution in [2.24, 2.45) is 0 Å². The molecule has 0 bridgehead atoms. The molecule has 0 radical (unpaired) electrons. The largest absolute Gasteiger partial charge is 0.464 e. The third-order valence-electron chi connectivity index (χ3n) is 1.13. The summed E-state index contributed by atoms with van der Waals surface area (Å²) in [5, 5.41) is -9.54. The molecule has 13 heteroatoms. The first-order valence-electron chi connectivity index (χ1n) is 3.13. The van der Waals surface area contributed by atoms with Crippen molar-refractivity contribution in [1.29, 1.82) is 0 Å². The smallest absolute Gasteiger partial charge is 0.271 e. The Morgan fingerprint density at radius 2 is 1.41 bits per heavy atom. The summed E-state index contributed by atoms with van der Waals surface area (Å²) in [6.07, 6.45) is -12.1. The molecule has 0 aromatic heterocycles. The van der Waals surface area contributed by atoms with Crippen molar-refractivity contribution < 1.29 is 48.2 Å². The van der Waals surface area contributed by atoms with Gasteiger partial charge in [0.2, 0.25) is 0 Å². The molecule has 0 amide bonds. The summed E-state index contributed by atoms with van der Waals surface area (Å²) in [5.41, 5.74) is 0. The van der Waals surface area contributed by atoms with Crippen molar-refractivity contribution in [2.75, 3.05) is 0 Å². The molecule has 0 heterocycles. The van der Waals surface area contributed by atoms with Gasteiger partial charge in [0.1, 0.15) is 0 Å². The van der Waals surface area contributed by atoms with E-state index in [1.165, 1.54) is 0 Å². The molecule has 4 nitrogen and oxygen atoms in total. The Morgan fingerprint density at radius 1 is 1.06 bits per heavy atom. The van der Waals surface area contributed by atoms with E-state index in [1.807, 2.05) is 4.74 Å². The molecule has 0 saturated heterocycles. The van der Waals surface area contributed by atoms with Crippen LogP contribution in [-0.4, -0.2) is 31.1 Å². The normalized spacial score (nSPS) is 14.8. The van der Waals surface area contributed by atoms with Crippen LogP contribution >= 0.6 is 11.6 Å². The molecule has 0 rings (SSSR count). The molecule has 0 aromatic carbocycles. The molecule has 0 fully saturated rings. The van der Waals surface area contributed by atoms with E-state index < -0.39 is 32.9 Å². The average molecular weight is 313 g/mol. The Morgan fingerprint density at radius 3 is 1.65 bits per heavy atom. The minimum Gasteiger partial charge on any atom is -0.271 e. The lowest BCUT2D eigenvalue weighted by atomic mass is 10.6. The lowest BCUT2D eigenvalue weighted by Crippen LogP contribution is -2.51. The molecule has 0 aliphatic rings. The number of carbonyl (C=O) groups excluding carboxylic acids is 1. The molecule has 0 unspecified atom stereocenters. The van der Waals surface area contributed by atoms with Gasteiger partial charge in [0.25, 0.3) is 0 Å². The van der Waals surface area contributed by atoms with Crippen molar-refractivity contribution in [3.63, 3.8) is 0 Å². The SMILES string of the molecule is O=C(Cl)C(F)(F)OC(F)(F)C(F)(F)S(=O)(=O)F. The molecular formula is C4ClF7O4S. The highest BCUT2D eigenvalue weighted by atomic mass is 35.5. The van der Waals surface area contributed by atoms with Gasteiger partial charge < -0.3 is 0 Å². The van der Waals surface area contributed by atoms with Gasteiger partial charge >= 0.3 is 32.9 Å². The van der Waals surface area contributed by atoms with E-state index in [4.69, 9.17) is 0 Å². The second-order valence-corrected chi connectivity index (χ2v) is 4.10. The summed E-state index contributed by atoms with van der Waals surface area (Å²) in [6.45, 7) is 0. The third-order valence-corrected chi connectivity index (χ3v) is 2.20. The van der Waals surface area contributed by atoms with Gasteiger partial charge in [0, 0.05) is 0 Å². The maximum Gasteiger partial charge on any atom is 0.464 e. The Labute approximate surface area is 93.5 Å². The molecule has 0 N–H and O–H groups in total. The fourth-order valence-electron chi connectivity index (χ4n) is 0.402. The van der Waals surface area contributed by atoms with Crippen LogP contribution in [0.25, 0.3) is 0 Å². The van der Waals surface area contributed by atoms with Gasteiger partial charge in [-0.3, -0.25) is 4.79 Å². The minimum absolute atomic E-state index is 1.96. The van der Waals surface area contributed by atoms with Crippen LogP contribution in [0.2, 0.25) is 0 Å². The van der Waals surface area contributed by atoms with Crippen LogP contribution in [-0.2, 0) is 19.8 Å². The number of ether oxygens (including phenoxy) is 1. The Kier molecular flexibility index (Phi) is 4.09. The molecule has 0 aliphatic carbocycles. The molecule has 0 aromatic rings. The van der Waals surface area contributed by atoms with Crippen LogP contribution in [0.4, 0.5) is 30.2 Å². The van der Waals surface area contributed by atoms with Gasteiger partial charge in [0.15, 0.2) is 0 Å². The number of rotatable bonds is 5. The van der Waals surface area contributed by atoms with Gasteiger partial charge in [-0.25, -0.2) is 4.74 Å². The molecule has 17 heavy (non-hydrogen) atoms. The third kappa shape index (κ3) is 3.19. The Hall–Kier alpha value is -0.620. The van der Waals surface area contributed by atoms with E-state index in [9.17, 15) is 43.4 Å². The predicted octanol–water partition coefficient (Wildman–Crippen LogP) is 1.85. The van der Waals surface area contributed by atoms with Gasteiger partial charge in [-0.1, -0.05) is 3.89 Å². The topological polar surface area (TPSA) is 60.4 Å². The Balaban J connectivity index is 5.39. The highest BCUT2D eigenvalue weighted by molar-refractivity contribution is 7.87. The maximum absolute atomic E-state index is 12.3. The zero-order valence-electron chi connectivity index (χ0n) is 7.06. The van der Waals surface area contributed by atoms with E-state index in [2.05, 4.69) is 11.6 Å². The van der Waals surface area contributed by atoms with Gasteiger partial charge in [0.05, 0.1) is 0 Å². The molecule has 0 saturated carbocycles. The zero-order chi connectivity index (χ0) is 14.3. The van der Waals surface area contributed by atoms with Gasteiger partial charge in [-0.15, -0.1) is 0 Å². The summed E-state index contributed by atoms with van der Waals surface area (Å²) >= 11 is 4.00. The molecule has 0 aliphatic heterocycles. The summed E-state index contributed by atoms with van der Waals surface area (Å²) in [4.78, 5) is 9.79. The summed E-state index contributed by atoms with van der Waals surface area (Å²) < 4.78 is 106. The number of halogens is 8. The quantitative estimate of drug-likeness (QED) is 0.574. The lowest BCUT2D eigenvalue weighted by Gasteiger charge is -2.25. The fraction of sp³-hybridized carbons (Fsp3) is 0.750. The molecule has 0 atom stereocenters. The van der Waals surface area contributed by atoms with Crippen molar-refractivity contribution in [1.82, 2.24) is 0 Å². The summed E-state index contributed by atoms with van der Waals surface area (Å²) in [6, 6.07) is 0. The lowest BCUT2D eigenvalue weighted by molar-refractivity contribution is -0.397. The fourth-order valence-corrected chi connectivity index (χ4v) is 0.767. The highest BCUT2D eigenvalue weighted by Gasteiger charge is 2.72. The highest BCUT2D eigenvalue weighted by Crippen LogP contribution is 2.43. The monoisotopic (exact) mass is 312 g/mol. The van der Waals surface area contributed by atoms with Crippen molar-refractivity contribution >= 4 is 27.1 Å². The van der Waals surface area contributed by atoms with Crippen LogP contribution in [0, 0.1) is 0 Å². The van der Waals surface area contributed by atoms with Crippen molar-refractivity contribution in [3.05, 3.63) is 0 Å². The van der Waals surface area contributed by atoms with Crippen LogP contribution in [0.5, 0.6) is 0 Å². The van der Waals surface area contributed by atoms with E-state index in [0.29, 0.717) is 0 Å². The van der Waals surface area contributed by atoms with Crippen molar-refractivity contribution in [3.8, 4) is 0 Å². The second-order valence-electron chi connectivity index (χ2n) is 2.36. The standard InChI is InChI=1S/C4ClF7O4S/c5-1(13)2(6,7)16-3(8,9)4(10,11)17(12,14)15. The first-order chi connectivity index (χ1) is 7.15. The van der Waals surface area contributed by atoms with Gasteiger partial charge in [-0.2, -0.15) is 34.8 Å². The first kappa shape index (κ1) is 16.4. The zero-order valence-corrected chi connectivity index (χ0v) is 8.64. The predicted molar refractivity (Wildman–Crippen MR) is 36.8 cm³/mol. The molecule has 102 valence electrons. The first-order valence-corrected chi connectivity index (χ1v) is 4.89. The number of hydrogen-bond acceptors (Lipinski definition) is 4. The van der Waals surface area contributed by atoms with E-state index >= 15 is 0 Å². The minimum atomic E-state index is -7.25. The number of alkyl halides is 6. The summed E-state index contributed by atoms with van der Waals surface area (Å²) in [7, 11) is -7.25. The van der Waals surface area contributed by atoms with Crippen LogP contribution in [0.1, 0.15) is 0 Å². The van der Waals surface area contributed by atoms with E-state index in [0.717, 1.165) is 0 Å². The van der Waals surface area contributed by atoms with Crippen LogP contribution < -0.4 is 0 Å². The molecule has 0 spiro atoms.